The molecular formula is C17H16FNO3. The summed E-state index contributed by atoms with van der Waals surface area (Å²) < 4.78 is 23.6. The summed E-state index contributed by atoms with van der Waals surface area (Å²) >= 11 is 0. The van der Waals surface area contributed by atoms with E-state index in [1.165, 1.54) is 24.3 Å². The van der Waals surface area contributed by atoms with E-state index in [-0.39, 0.29) is 18.3 Å². The Hall–Kier alpha value is -2.56. The first-order valence-electron chi connectivity index (χ1n) is 7.11. The molecule has 0 unspecified atom stereocenters. The van der Waals surface area contributed by atoms with Gasteiger partial charge in [-0.15, -0.1) is 0 Å². The normalized spacial score (nSPS) is 16.3. The van der Waals surface area contributed by atoms with E-state index in [4.69, 9.17) is 9.47 Å². The smallest absolute Gasteiger partial charge is 0.411 e. The van der Waals surface area contributed by atoms with E-state index in [2.05, 4.69) is 5.32 Å². The van der Waals surface area contributed by atoms with Gasteiger partial charge < -0.3 is 9.47 Å². The van der Waals surface area contributed by atoms with Crippen LogP contribution in [-0.2, 0) is 11.2 Å². The topological polar surface area (TPSA) is 47.6 Å². The molecule has 0 spiro atoms. The first kappa shape index (κ1) is 14.4. The number of fused-ring (bicyclic) bond motifs is 1. The molecule has 2 aromatic rings. The van der Waals surface area contributed by atoms with Crippen molar-refractivity contribution in [3.63, 3.8) is 0 Å². The summed E-state index contributed by atoms with van der Waals surface area (Å²) in [6.45, 7) is 0.808. The Bertz CT molecular complexity index is 657. The van der Waals surface area contributed by atoms with Crippen LogP contribution in [0, 0.1) is 11.7 Å². The van der Waals surface area contributed by atoms with Crippen LogP contribution in [0.1, 0.15) is 5.56 Å². The molecule has 0 saturated carbocycles. The summed E-state index contributed by atoms with van der Waals surface area (Å²) in [5.74, 6) is 0.681. The van der Waals surface area contributed by atoms with Crippen molar-refractivity contribution in [3.05, 3.63) is 59.9 Å². The molecule has 3 rings (SSSR count). The summed E-state index contributed by atoms with van der Waals surface area (Å²) in [5.41, 5.74) is 1.62. The Balaban J connectivity index is 1.49. The largest absolute Gasteiger partial charge is 0.493 e. The molecule has 1 atom stereocenters. The van der Waals surface area contributed by atoms with Crippen LogP contribution in [0.5, 0.6) is 5.75 Å². The van der Waals surface area contributed by atoms with Gasteiger partial charge in [-0.25, -0.2) is 9.18 Å². The molecule has 0 radical (unpaired) electrons. The highest BCUT2D eigenvalue weighted by atomic mass is 19.1. The van der Waals surface area contributed by atoms with Crippen LogP contribution in [0.25, 0.3) is 0 Å². The van der Waals surface area contributed by atoms with E-state index in [0.717, 1.165) is 17.7 Å². The highest BCUT2D eigenvalue weighted by molar-refractivity contribution is 5.84. The number of hydrogen-bond donors (Lipinski definition) is 1. The molecule has 114 valence electrons. The number of benzene rings is 2. The second-order valence-electron chi connectivity index (χ2n) is 5.22. The number of rotatable bonds is 3. The molecule has 1 amide bonds. The number of halogens is 1. The standard InChI is InChI=1S/C17H16FNO3/c18-14-5-7-15(8-6-14)19-17(20)22-11-12-9-13-3-1-2-4-16(13)21-10-12/h1-8,12H,9-11H2,(H,19,20)/t12-/m1/s1. The van der Waals surface area contributed by atoms with Crippen molar-refractivity contribution in [1.29, 1.82) is 0 Å². The average Bonchev–Trinajstić information content (AvgIpc) is 2.55. The lowest BCUT2D eigenvalue weighted by Gasteiger charge is -2.24. The van der Waals surface area contributed by atoms with E-state index < -0.39 is 6.09 Å². The molecule has 1 heterocycles. The van der Waals surface area contributed by atoms with Crippen LogP contribution in [0.4, 0.5) is 14.9 Å². The van der Waals surface area contributed by atoms with Gasteiger partial charge in [-0.3, -0.25) is 5.32 Å². The number of ether oxygens (including phenoxy) is 2. The van der Waals surface area contributed by atoms with E-state index >= 15 is 0 Å². The Morgan fingerprint density at radius 2 is 2.00 bits per heavy atom. The summed E-state index contributed by atoms with van der Waals surface area (Å²) in [6, 6.07) is 13.4. The minimum atomic E-state index is -0.550. The molecule has 4 nitrogen and oxygen atoms in total. The van der Waals surface area contributed by atoms with Crippen LogP contribution in [0.2, 0.25) is 0 Å². The second-order valence-corrected chi connectivity index (χ2v) is 5.22. The van der Waals surface area contributed by atoms with Crippen molar-refractivity contribution in [3.8, 4) is 5.75 Å². The fourth-order valence-corrected chi connectivity index (χ4v) is 2.38. The number of carbonyl (C=O) groups excluding carboxylic acids is 1. The summed E-state index contributed by atoms with van der Waals surface area (Å²) in [6.07, 6.45) is 0.269. The fraction of sp³-hybridized carbons (Fsp3) is 0.235. The third-order valence-electron chi connectivity index (χ3n) is 3.50. The zero-order valence-electron chi connectivity index (χ0n) is 11.9. The fourth-order valence-electron chi connectivity index (χ4n) is 2.38. The molecule has 1 aliphatic rings. The lowest BCUT2D eigenvalue weighted by Crippen LogP contribution is -2.27. The van der Waals surface area contributed by atoms with Crippen molar-refractivity contribution >= 4 is 11.8 Å². The van der Waals surface area contributed by atoms with Gasteiger partial charge in [0, 0.05) is 11.6 Å². The first-order chi connectivity index (χ1) is 10.7. The number of hydrogen-bond acceptors (Lipinski definition) is 3. The maximum atomic E-state index is 12.8. The van der Waals surface area contributed by atoms with E-state index in [1.54, 1.807) is 0 Å². The molecule has 0 saturated heterocycles. The molecule has 0 bridgehead atoms. The monoisotopic (exact) mass is 301 g/mol. The predicted octanol–water partition coefficient (Wildman–Crippen LogP) is 3.63. The van der Waals surface area contributed by atoms with Crippen LogP contribution >= 0.6 is 0 Å². The highest BCUT2D eigenvalue weighted by Gasteiger charge is 2.20. The zero-order valence-corrected chi connectivity index (χ0v) is 11.9. The van der Waals surface area contributed by atoms with Crippen LogP contribution in [0.3, 0.4) is 0 Å². The summed E-state index contributed by atoms with van der Waals surface area (Å²) in [7, 11) is 0. The maximum absolute atomic E-state index is 12.8. The lowest BCUT2D eigenvalue weighted by atomic mass is 9.98. The number of para-hydroxylation sites is 1. The van der Waals surface area contributed by atoms with Gasteiger partial charge in [-0.2, -0.15) is 0 Å². The molecule has 0 aliphatic carbocycles. The average molecular weight is 301 g/mol. The van der Waals surface area contributed by atoms with Gasteiger partial charge in [0.2, 0.25) is 0 Å². The molecule has 0 fully saturated rings. The van der Waals surface area contributed by atoms with E-state index in [0.29, 0.717) is 12.3 Å². The molecule has 1 N–H and O–H groups in total. The van der Waals surface area contributed by atoms with Crippen molar-refractivity contribution in [2.75, 3.05) is 18.5 Å². The van der Waals surface area contributed by atoms with Crippen molar-refractivity contribution < 1.29 is 18.7 Å². The minimum absolute atomic E-state index is 0.133. The maximum Gasteiger partial charge on any atom is 0.411 e. The third-order valence-corrected chi connectivity index (χ3v) is 3.50. The molecule has 5 heteroatoms. The number of carbonyl (C=O) groups is 1. The Labute approximate surface area is 127 Å². The Morgan fingerprint density at radius 3 is 2.82 bits per heavy atom. The van der Waals surface area contributed by atoms with Crippen LogP contribution in [0.15, 0.2) is 48.5 Å². The molecular weight excluding hydrogens is 285 g/mol. The second kappa shape index (κ2) is 6.47. The van der Waals surface area contributed by atoms with Crippen LogP contribution < -0.4 is 10.1 Å². The van der Waals surface area contributed by atoms with Crippen molar-refractivity contribution in [2.24, 2.45) is 5.92 Å². The molecule has 2 aromatic carbocycles. The molecule has 0 aromatic heterocycles. The minimum Gasteiger partial charge on any atom is -0.493 e. The Kier molecular flexibility index (Phi) is 4.23. The van der Waals surface area contributed by atoms with Crippen LogP contribution in [-0.4, -0.2) is 19.3 Å². The van der Waals surface area contributed by atoms with E-state index in [9.17, 15) is 9.18 Å². The zero-order chi connectivity index (χ0) is 15.4. The van der Waals surface area contributed by atoms with Crippen molar-refractivity contribution in [1.82, 2.24) is 0 Å². The van der Waals surface area contributed by atoms with Gasteiger partial charge in [0.25, 0.3) is 0 Å². The van der Waals surface area contributed by atoms with E-state index in [1.807, 2.05) is 24.3 Å². The van der Waals surface area contributed by atoms with Crippen molar-refractivity contribution in [2.45, 2.75) is 6.42 Å². The van der Waals surface area contributed by atoms with Gasteiger partial charge in [-0.1, -0.05) is 18.2 Å². The first-order valence-corrected chi connectivity index (χ1v) is 7.11. The number of nitrogens with one attached hydrogen (secondary N) is 1. The van der Waals surface area contributed by atoms with Gasteiger partial charge >= 0.3 is 6.09 Å². The van der Waals surface area contributed by atoms with Gasteiger partial charge in [0.1, 0.15) is 11.6 Å². The summed E-state index contributed by atoms with van der Waals surface area (Å²) in [5, 5.41) is 2.56. The summed E-state index contributed by atoms with van der Waals surface area (Å²) in [4.78, 5) is 11.7. The van der Waals surface area contributed by atoms with Gasteiger partial charge in [0.15, 0.2) is 0 Å². The SMILES string of the molecule is O=C(Nc1ccc(F)cc1)OC[C@H]1COc2ccccc2C1. The molecule has 1 aliphatic heterocycles. The quantitative estimate of drug-likeness (QED) is 0.942. The predicted molar refractivity (Wildman–Crippen MR) is 80.5 cm³/mol. The highest BCUT2D eigenvalue weighted by Crippen LogP contribution is 2.26. The Morgan fingerprint density at radius 1 is 1.23 bits per heavy atom. The third kappa shape index (κ3) is 3.55. The lowest BCUT2D eigenvalue weighted by molar-refractivity contribution is 0.112. The van der Waals surface area contributed by atoms with Gasteiger partial charge in [0.05, 0.1) is 13.2 Å². The number of amides is 1. The van der Waals surface area contributed by atoms with Gasteiger partial charge in [-0.05, 0) is 42.3 Å². The molecule has 22 heavy (non-hydrogen) atoms. The number of anilines is 1.